The van der Waals surface area contributed by atoms with Crippen molar-refractivity contribution in [1.29, 1.82) is 0 Å². The van der Waals surface area contributed by atoms with Gasteiger partial charge in [-0.1, -0.05) is 6.07 Å². The Morgan fingerprint density at radius 3 is 2.84 bits per heavy atom. The van der Waals surface area contributed by atoms with E-state index in [0.29, 0.717) is 12.1 Å². The molecule has 0 radical (unpaired) electrons. The fourth-order valence-corrected chi connectivity index (χ4v) is 2.45. The van der Waals surface area contributed by atoms with Crippen LogP contribution in [0.2, 0.25) is 0 Å². The number of benzene rings is 1. The van der Waals surface area contributed by atoms with Gasteiger partial charge < -0.3 is 10.1 Å². The molecule has 0 bridgehead atoms. The second-order valence-corrected chi connectivity index (χ2v) is 5.53. The van der Waals surface area contributed by atoms with E-state index < -0.39 is 0 Å². The number of hydrogen-bond acceptors (Lipinski definition) is 4. The molecule has 100 valence electrons. The molecule has 0 aliphatic heterocycles. The van der Waals surface area contributed by atoms with Crippen LogP contribution in [0.3, 0.4) is 0 Å². The molecule has 19 heavy (non-hydrogen) atoms. The number of thiazole rings is 1. The van der Waals surface area contributed by atoms with Gasteiger partial charge >= 0.3 is 0 Å². The first-order chi connectivity index (χ1) is 9.10. The molecule has 0 fully saturated rings. The highest BCUT2D eigenvalue weighted by molar-refractivity contribution is 7.11. The van der Waals surface area contributed by atoms with Crippen molar-refractivity contribution in [2.24, 2.45) is 0 Å². The summed E-state index contributed by atoms with van der Waals surface area (Å²) in [4.78, 5) is 17.2. The van der Waals surface area contributed by atoms with Crippen molar-refractivity contribution in [3.63, 3.8) is 0 Å². The molecular weight excluding hydrogens is 260 g/mol. The predicted molar refractivity (Wildman–Crippen MR) is 75.8 cm³/mol. The van der Waals surface area contributed by atoms with Crippen molar-refractivity contribution in [3.8, 4) is 5.75 Å². The van der Waals surface area contributed by atoms with E-state index in [1.807, 2.05) is 19.9 Å². The van der Waals surface area contributed by atoms with Gasteiger partial charge in [0.1, 0.15) is 5.75 Å². The van der Waals surface area contributed by atoms with E-state index in [4.69, 9.17) is 4.74 Å². The Morgan fingerprint density at radius 1 is 1.42 bits per heavy atom. The number of aryl methyl sites for hydroxylation is 2. The van der Waals surface area contributed by atoms with Crippen LogP contribution >= 0.6 is 11.3 Å². The van der Waals surface area contributed by atoms with Gasteiger partial charge in [-0.25, -0.2) is 4.98 Å². The van der Waals surface area contributed by atoms with Crippen LogP contribution in [0.15, 0.2) is 24.4 Å². The van der Waals surface area contributed by atoms with Crippen LogP contribution in [0.4, 0.5) is 0 Å². The molecule has 1 amide bonds. The molecule has 0 spiro atoms. The minimum absolute atomic E-state index is 0.107. The Kier molecular flexibility index (Phi) is 4.16. The summed E-state index contributed by atoms with van der Waals surface area (Å²) in [6, 6.07) is 5.43. The maximum Gasteiger partial charge on any atom is 0.251 e. The normalized spacial score (nSPS) is 10.3. The van der Waals surface area contributed by atoms with Gasteiger partial charge in [0.25, 0.3) is 5.91 Å². The Labute approximate surface area is 116 Å². The topological polar surface area (TPSA) is 51.2 Å². The lowest BCUT2D eigenvalue weighted by molar-refractivity contribution is 0.0951. The van der Waals surface area contributed by atoms with E-state index in [1.165, 1.54) is 0 Å². The molecule has 0 aliphatic rings. The predicted octanol–water partition coefficient (Wildman–Crippen LogP) is 2.70. The number of rotatable bonds is 4. The number of ether oxygens (including phenoxy) is 1. The van der Waals surface area contributed by atoms with Crippen molar-refractivity contribution >= 4 is 17.2 Å². The number of nitrogens with one attached hydrogen (secondary N) is 1. The number of carbonyl (C=O) groups is 1. The maximum absolute atomic E-state index is 12.0. The van der Waals surface area contributed by atoms with Crippen LogP contribution in [0.25, 0.3) is 0 Å². The zero-order chi connectivity index (χ0) is 13.8. The quantitative estimate of drug-likeness (QED) is 0.934. The molecule has 0 saturated carbocycles. The minimum atomic E-state index is -0.107. The van der Waals surface area contributed by atoms with E-state index in [-0.39, 0.29) is 5.91 Å². The average Bonchev–Trinajstić information content (AvgIpc) is 2.82. The lowest BCUT2D eigenvalue weighted by atomic mass is 10.1. The zero-order valence-corrected chi connectivity index (χ0v) is 12.0. The van der Waals surface area contributed by atoms with Gasteiger partial charge in [-0.05, 0) is 31.5 Å². The molecule has 2 rings (SSSR count). The van der Waals surface area contributed by atoms with Crippen LogP contribution in [0, 0.1) is 13.8 Å². The van der Waals surface area contributed by atoms with E-state index in [0.717, 1.165) is 21.2 Å². The fourth-order valence-electron chi connectivity index (χ4n) is 1.72. The second-order valence-electron chi connectivity index (χ2n) is 4.21. The van der Waals surface area contributed by atoms with Gasteiger partial charge in [-0.2, -0.15) is 0 Å². The Bertz CT molecular complexity index is 593. The lowest BCUT2D eigenvalue weighted by Crippen LogP contribution is -2.22. The van der Waals surface area contributed by atoms with E-state index >= 15 is 0 Å². The molecule has 1 N–H and O–H groups in total. The van der Waals surface area contributed by atoms with Gasteiger partial charge in [0.2, 0.25) is 0 Å². The summed E-state index contributed by atoms with van der Waals surface area (Å²) in [5, 5.41) is 3.88. The largest absolute Gasteiger partial charge is 0.496 e. The van der Waals surface area contributed by atoms with Crippen molar-refractivity contribution in [2.45, 2.75) is 20.4 Å². The number of methoxy groups -OCH3 is 1. The molecule has 2 aromatic rings. The number of amides is 1. The summed E-state index contributed by atoms with van der Waals surface area (Å²) < 4.78 is 5.21. The summed E-state index contributed by atoms with van der Waals surface area (Å²) in [6.45, 7) is 4.39. The highest BCUT2D eigenvalue weighted by atomic mass is 32.1. The third-order valence-corrected chi connectivity index (χ3v) is 3.68. The third kappa shape index (κ3) is 3.32. The monoisotopic (exact) mass is 276 g/mol. The van der Waals surface area contributed by atoms with Crippen molar-refractivity contribution < 1.29 is 9.53 Å². The molecule has 0 unspecified atom stereocenters. The highest BCUT2D eigenvalue weighted by Crippen LogP contribution is 2.19. The smallest absolute Gasteiger partial charge is 0.251 e. The van der Waals surface area contributed by atoms with E-state index in [9.17, 15) is 4.79 Å². The molecule has 0 saturated heterocycles. The molecule has 1 aromatic carbocycles. The first-order valence-electron chi connectivity index (χ1n) is 5.94. The Balaban J connectivity index is 2.03. The van der Waals surface area contributed by atoms with Gasteiger partial charge in [0, 0.05) is 16.6 Å². The summed E-state index contributed by atoms with van der Waals surface area (Å²) in [6.07, 6.45) is 1.79. The summed E-state index contributed by atoms with van der Waals surface area (Å²) in [5.74, 6) is 0.616. The van der Waals surface area contributed by atoms with E-state index in [1.54, 1.807) is 36.8 Å². The molecule has 0 aliphatic carbocycles. The summed E-state index contributed by atoms with van der Waals surface area (Å²) >= 11 is 1.58. The number of carbonyl (C=O) groups excluding carboxylic acids is 1. The van der Waals surface area contributed by atoms with Crippen LogP contribution in [-0.4, -0.2) is 18.0 Å². The first-order valence-corrected chi connectivity index (χ1v) is 6.76. The Hall–Kier alpha value is -1.88. The minimum Gasteiger partial charge on any atom is -0.496 e. The molecule has 4 nitrogen and oxygen atoms in total. The van der Waals surface area contributed by atoms with Crippen molar-refractivity contribution in [1.82, 2.24) is 10.3 Å². The fraction of sp³-hybridized carbons (Fsp3) is 0.286. The van der Waals surface area contributed by atoms with Crippen LogP contribution in [-0.2, 0) is 6.54 Å². The third-order valence-electron chi connectivity index (χ3n) is 2.76. The van der Waals surface area contributed by atoms with Crippen molar-refractivity contribution in [2.75, 3.05) is 7.11 Å². The average molecular weight is 276 g/mol. The molecule has 1 heterocycles. The number of aromatic nitrogens is 1. The number of hydrogen-bond donors (Lipinski definition) is 1. The molecule has 0 atom stereocenters. The molecular formula is C14H16N2O2S. The van der Waals surface area contributed by atoms with Gasteiger partial charge in [0.05, 0.1) is 18.7 Å². The first kappa shape index (κ1) is 13.5. The van der Waals surface area contributed by atoms with Gasteiger partial charge in [-0.15, -0.1) is 11.3 Å². The standard InChI is InChI=1S/C14H16N2O2S/c1-9-4-5-11(6-13(9)18-3)14(17)16-8-12-7-15-10(2)19-12/h4-7H,8H2,1-3H3,(H,16,17). The maximum atomic E-state index is 12.0. The Morgan fingerprint density at radius 2 is 2.21 bits per heavy atom. The second kappa shape index (κ2) is 5.84. The zero-order valence-electron chi connectivity index (χ0n) is 11.2. The summed E-state index contributed by atoms with van der Waals surface area (Å²) in [7, 11) is 1.60. The van der Waals surface area contributed by atoms with E-state index in [2.05, 4.69) is 10.3 Å². The molecule has 5 heteroatoms. The van der Waals surface area contributed by atoms with Crippen LogP contribution in [0.1, 0.15) is 25.8 Å². The highest BCUT2D eigenvalue weighted by Gasteiger charge is 2.08. The lowest BCUT2D eigenvalue weighted by Gasteiger charge is -2.08. The SMILES string of the molecule is COc1cc(C(=O)NCc2cnc(C)s2)ccc1C. The van der Waals surface area contributed by atoms with Gasteiger partial charge in [-0.3, -0.25) is 4.79 Å². The van der Waals surface area contributed by atoms with Crippen LogP contribution < -0.4 is 10.1 Å². The van der Waals surface area contributed by atoms with Gasteiger partial charge in [0.15, 0.2) is 0 Å². The molecule has 1 aromatic heterocycles. The van der Waals surface area contributed by atoms with Crippen LogP contribution in [0.5, 0.6) is 5.75 Å². The number of nitrogens with zero attached hydrogens (tertiary/aromatic N) is 1. The van der Waals surface area contributed by atoms with Crippen molar-refractivity contribution in [3.05, 3.63) is 45.4 Å². The summed E-state index contributed by atoms with van der Waals surface area (Å²) in [5.41, 5.74) is 1.61.